The number of thiazole rings is 1. The van der Waals surface area contributed by atoms with Crippen LogP contribution in [-0.2, 0) is 11.2 Å². The van der Waals surface area contributed by atoms with E-state index in [1.807, 2.05) is 37.4 Å². The number of rotatable bonds is 5. The van der Waals surface area contributed by atoms with Gasteiger partial charge in [-0.3, -0.25) is 14.9 Å². The SMILES string of the molecule is Cc1ccc(NC(=O)Cc2csc(NC(=O)c3ccsc3)n2)cc1C. The van der Waals surface area contributed by atoms with Gasteiger partial charge in [-0.2, -0.15) is 11.3 Å². The van der Waals surface area contributed by atoms with Crippen molar-refractivity contribution >= 4 is 45.3 Å². The summed E-state index contributed by atoms with van der Waals surface area (Å²) >= 11 is 2.77. The second kappa shape index (κ2) is 7.58. The summed E-state index contributed by atoms with van der Waals surface area (Å²) in [7, 11) is 0. The molecule has 0 aliphatic rings. The van der Waals surface area contributed by atoms with Gasteiger partial charge in [0, 0.05) is 16.4 Å². The number of anilines is 2. The topological polar surface area (TPSA) is 71.1 Å². The average molecular weight is 371 g/mol. The van der Waals surface area contributed by atoms with E-state index < -0.39 is 0 Å². The van der Waals surface area contributed by atoms with E-state index in [9.17, 15) is 9.59 Å². The van der Waals surface area contributed by atoms with Crippen LogP contribution in [0.25, 0.3) is 0 Å². The summed E-state index contributed by atoms with van der Waals surface area (Å²) in [5.74, 6) is -0.328. The number of carbonyl (C=O) groups excluding carboxylic acids is 2. The van der Waals surface area contributed by atoms with Crippen LogP contribution in [0.5, 0.6) is 0 Å². The van der Waals surface area contributed by atoms with Gasteiger partial charge in [-0.15, -0.1) is 11.3 Å². The number of benzene rings is 1. The van der Waals surface area contributed by atoms with Crippen LogP contribution in [0.1, 0.15) is 27.2 Å². The smallest absolute Gasteiger partial charge is 0.258 e. The van der Waals surface area contributed by atoms with E-state index in [1.165, 1.54) is 28.2 Å². The predicted octanol–water partition coefficient (Wildman–Crippen LogP) is 4.25. The normalized spacial score (nSPS) is 10.5. The lowest BCUT2D eigenvalue weighted by molar-refractivity contribution is -0.115. The first-order valence-corrected chi connectivity index (χ1v) is 9.48. The fraction of sp³-hybridized carbons (Fsp3) is 0.167. The molecular weight excluding hydrogens is 354 g/mol. The first-order valence-electron chi connectivity index (χ1n) is 7.66. The molecule has 0 bridgehead atoms. The van der Waals surface area contributed by atoms with Crippen LogP contribution >= 0.6 is 22.7 Å². The lowest BCUT2D eigenvalue weighted by Crippen LogP contribution is -2.15. The zero-order chi connectivity index (χ0) is 17.8. The molecule has 0 aliphatic carbocycles. The summed E-state index contributed by atoms with van der Waals surface area (Å²) in [6.45, 7) is 4.04. The monoisotopic (exact) mass is 371 g/mol. The number of carbonyl (C=O) groups is 2. The Kier molecular flexibility index (Phi) is 5.25. The van der Waals surface area contributed by atoms with E-state index in [1.54, 1.807) is 16.8 Å². The van der Waals surface area contributed by atoms with Crippen molar-refractivity contribution in [3.05, 3.63) is 62.8 Å². The van der Waals surface area contributed by atoms with Crippen LogP contribution in [0.4, 0.5) is 10.8 Å². The minimum Gasteiger partial charge on any atom is -0.326 e. The Morgan fingerprint density at radius 1 is 1.08 bits per heavy atom. The second-order valence-corrected chi connectivity index (χ2v) is 7.27. The van der Waals surface area contributed by atoms with Crippen molar-refractivity contribution in [2.75, 3.05) is 10.6 Å². The fourth-order valence-corrected chi connectivity index (χ4v) is 3.54. The molecule has 7 heteroatoms. The Labute approximate surface area is 153 Å². The molecule has 0 aliphatic heterocycles. The maximum Gasteiger partial charge on any atom is 0.258 e. The second-order valence-electron chi connectivity index (χ2n) is 5.63. The van der Waals surface area contributed by atoms with E-state index in [2.05, 4.69) is 15.6 Å². The molecular formula is C18H17N3O2S2. The van der Waals surface area contributed by atoms with Gasteiger partial charge in [0.15, 0.2) is 5.13 Å². The molecule has 0 atom stereocenters. The molecule has 0 fully saturated rings. The van der Waals surface area contributed by atoms with Gasteiger partial charge in [-0.05, 0) is 48.6 Å². The molecule has 3 rings (SSSR count). The third-order valence-corrected chi connectivity index (χ3v) is 5.18. The minimum absolute atomic E-state index is 0.135. The molecule has 0 spiro atoms. The van der Waals surface area contributed by atoms with Gasteiger partial charge in [-0.25, -0.2) is 4.98 Å². The Bertz CT molecular complexity index is 901. The highest BCUT2D eigenvalue weighted by Gasteiger charge is 2.12. The van der Waals surface area contributed by atoms with E-state index in [0.29, 0.717) is 16.4 Å². The Balaban J connectivity index is 1.58. The first kappa shape index (κ1) is 17.3. The zero-order valence-electron chi connectivity index (χ0n) is 13.8. The Morgan fingerprint density at radius 3 is 2.64 bits per heavy atom. The highest BCUT2D eigenvalue weighted by atomic mass is 32.1. The molecule has 5 nitrogen and oxygen atoms in total. The van der Waals surface area contributed by atoms with E-state index in [4.69, 9.17) is 0 Å². The molecule has 25 heavy (non-hydrogen) atoms. The highest BCUT2D eigenvalue weighted by molar-refractivity contribution is 7.14. The number of aromatic nitrogens is 1. The standard InChI is InChI=1S/C18H17N3O2S2/c1-11-3-4-14(7-12(11)2)19-16(22)8-15-10-25-18(20-15)21-17(23)13-5-6-24-9-13/h3-7,9-10H,8H2,1-2H3,(H,19,22)(H,20,21,23). The first-order chi connectivity index (χ1) is 12.0. The van der Waals surface area contributed by atoms with Crippen molar-refractivity contribution in [2.45, 2.75) is 20.3 Å². The van der Waals surface area contributed by atoms with Crippen molar-refractivity contribution in [1.82, 2.24) is 4.98 Å². The molecule has 2 N–H and O–H groups in total. The fourth-order valence-electron chi connectivity index (χ4n) is 2.20. The zero-order valence-corrected chi connectivity index (χ0v) is 15.5. The summed E-state index contributed by atoms with van der Waals surface area (Å²) in [6.07, 6.45) is 0.164. The van der Waals surface area contributed by atoms with Gasteiger partial charge in [0.05, 0.1) is 17.7 Å². The van der Waals surface area contributed by atoms with Crippen molar-refractivity contribution in [2.24, 2.45) is 0 Å². The Morgan fingerprint density at radius 2 is 1.92 bits per heavy atom. The third kappa shape index (κ3) is 4.52. The molecule has 2 heterocycles. The Hall–Kier alpha value is -2.51. The van der Waals surface area contributed by atoms with Crippen LogP contribution in [0.15, 0.2) is 40.4 Å². The summed E-state index contributed by atoms with van der Waals surface area (Å²) in [6, 6.07) is 7.56. The largest absolute Gasteiger partial charge is 0.326 e. The molecule has 3 aromatic rings. The van der Waals surface area contributed by atoms with Crippen molar-refractivity contribution in [3.8, 4) is 0 Å². The maximum absolute atomic E-state index is 12.2. The number of aryl methyl sites for hydroxylation is 2. The number of thiophene rings is 1. The molecule has 128 valence electrons. The molecule has 0 saturated heterocycles. The van der Waals surface area contributed by atoms with Crippen LogP contribution in [0.2, 0.25) is 0 Å². The molecule has 0 saturated carbocycles. The van der Waals surface area contributed by atoms with Gasteiger partial charge in [-0.1, -0.05) is 6.07 Å². The summed E-state index contributed by atoms with van der Waals surface area (Å²) in [5.41, 5.74) is 4.32. The number of hydrogen-bond acceptors (Lipinski definition) is 5. The van der Waals surface area contributed by atoms with Gasteiger partial charge in [0.1, 0.15) is 0 Å². The summed E-state index contributed by atoms with van der Waals surface area (Å²) in [4.78, 5) is 28.5. The summed E-state index contributed by atoms with van der Waals surface area (Å²) < 4.78 is 0. The number of amides is 2. The van der Waals surface area contributed by atoms with Crippen molar-refractivity contribution < 1.29 is 9.59 Å². The predicted molar refractivity (Wildman–Crippen MR) is 103 cm³/mol. The quantitative estimate of drug-likeness (QED) is 0.704. The van der Waals surface area contributed by atoms with Crippen LogP contribution in [0, 0.1) is 13.8 Å². The van der Waals surface area contributed by atoms with E-state index in [-0.39, 0.29) is 18.2 Å². The van der Waals surface area contributed by atoms with Crippen LogP contribution < -0.4 is 10.6 Å². The molecule has 0 radical (unpaired) electrons. The molecule has 1 aromatic carbocycles. The number of hydrogen-bond donors (Lipinski definition) is 2. The van der Waals surface area contributed by atoms with Gasteiger partial charge in [0.25, 0.3) is 5.91 Å². The van der Waals surface area contributed by atoms with Crippen LogP contribution in [-0.4, -0.2) is 16.8 Å². The molecule has 0 unspecified atom stereocenters. The molecule has 2 aromatic heterocycles. The lowest BCUT2D eigenvalue weighted by atomic mass is 10.1. The van der Waals surface area contributed by atoms with Gasteiger partial charge in [0.2, 0.25) is 5.91 Å². The number of nitrogens with zero attached hydrogens (tertiary/aromatic N) is 1. The van der Waals surface area contributed by atoms with E-state index >= 15 is 0 Å². The summed E-state index contributed by atoms with van der Waals surface area (Å²) in [5, 5.41) is 11.5. The third-order valence-electron chi connectivity index (χ3n) is 3.69. The molecule has 2 amide bonds. The number of nitrogens with one attached hydrogen (secondary N) is 2. The van der Waals surface area contributed by atoms with Crippen molar-refractivity contribution in [1.29, 1.82) is 0 Å². The lowest BCUT2D eigenvalue weighted by Gasteiger charge is -2.06. The maximum atomic E-state index is 12.2. The van der Waals surface area contributed by atoms with Gasteiger partial charge < -0.3 is 5.32 Å². The minimum atomic E-state index is -0.193. The van der Waals surface area contributed by atoms with Crippen LogP contribution in [0.3, 0.4) is 0 Å². The van der Waals surface area contributed by atoms with Crippen molar-refractivity contribution in [3.63, 3.8) is 0 Å². The van der Waals surface area contributed by atoms with Gasteiger partial charge >= 0.3 is 0 Å². The van der Waals surface area contributed by atoms with E-state index in [0.717, 1.165) is 11.3 Å². The average Bonchev–Trinajstić information content (AvgIpc) is 3.23. The highest BCUT2D eigenvalue weighted by Crippen LogP contribution is 2.19.